The predicted molar refractivity (Wildman–Crippen MR) is 85.7 cm³/mol. The van der Waals surface area contributed by atoms with Crippen molar-refractivity contribution in [2.75, 3.05) is 6.54 Å². The molecule has 0 aliphatic heterocycles. The molecule has 5 heteroatoms. The van der Waals surface area contributed by atoms with Crippen molar-refractivity contribution >= 4 is 18.1 Å². The maximum absolute atomic E-state index is 11.5. The Labute approximate surface area is 131 Å². The van der Waals surface area contributed by atoms with Gasteiger partial charge in [0.25, 0.3) is 0 Å². The molecule has 0 fully saturated rings. The number of amides is 1. The fourth-order valence-electron chi connectivity index (χ4n) is 1.87. The van der Waals surface area contributed by atoms with Crippen molar-refractivity contribution in [1.82, 2.24) is 5.32 Å². The first-order valence-corrected chi connectivity index (χ1v) is 7.24. The van der Waals surface area contributed by atoms with E-state index < -0.39 is 17.7 Å². The summed E-state index contributed by atoms with van der Waals surface area (Å²) in [4.78, 5) is 22.1. The molecule has 0 aliphatic carbocycles. The summed E-state index contributed by atoms with van der Waals surface area (Å²) in [7, 11) is 0. The van der Waals surface area contributed by atoms with Gasteiger partial charge in [-0.25, -0.2) is 9.59 Å². The summed E-state index contributed by atoms with van der Waals surface area (Å²) in [5, 5.41) is 11.4. The van der Waals surface area contributed by atoms with Crippen molar-refractivity contribution in [2.45, 2.75) is 39.2 Å². The molecule has 1 aromatic rings. The molecule has 1 rings (SSSR count). The Balaban J connectivity index is 2.45. The smallest absolute Gasteiger partial charge is 0.407 e. The second-order valence-electron chi connectivity index (χ2n) is 5.90. The highest BCUT2D eigenvalue weighted by Crippen LogP contribution is 2.13. The van der Waals surface area contributed by atoms with Gasteiger partial charge in [-0.05, 0) is 50.8 Å². The lowest BCUT2D eigenvalue weighted by atomic mass is 10.0. The molecular weight excluding hydrogens is 282 g/mol. The van der Waals surface area contributed by atoms with Crippen LogP contribution in [0.25, 0.3) is 6.08 Å². The van der Waals surface area contributed by atoms with Gasteiger partial charge in [-0.2, -0.15) is 0 Å². The summed E-state index contributed by atoms with van der Waals surface area (Å²) in [6.07, 6.45) is 3.77. The van der Waals surface area contributed by atoms with Crippen molar-refractivity contribution in [2.24, 2.45) is 0 Å². The Morgan fingerprint density at radius 3 is 2.59 bits per heavy atom. The van der Waals surface area contributed by atoms with E-state index in [4.69, 9.17) is 9.84 Å². The minimum atomic E-state index is -0.971. The first-order valence-electron chi connectivity index (χ1n) is 7.24. The molecule has 0 atom stereocenters. The SMILES string of the molecule is CC(C)(C)OC(=O)NCCCc1ccccc1/C=C/C(=O)O. The van der Waals surface area contributed by atoms with E-state index in [0.717, 1.165) is 30.0 Å². The predicted octanol–water partition coefficient (Wildman–Crippen LogP) is 3.24. The Morgan fingerprint density at radius 1 is 1.27 bits per heavy atom. The molecule has 0 saturated heterocycles. The largest absolute Gasteiger partial charge is 0.478 e. The Kier molecular flexibility index (Phi) is 6.63. The van der Waals surface area contributed by atoms with Crippen LogP contribution in [0.1, 0.15) is 38.3 Å². The topological polar surface area (TPSA) is 75.6 Å². The van der Waals surface area contributed by atoms with E-state index in [2.05, 4.69) is 5.32 Å². The standard InChI is InChI=1S/C17H23NO4/c1-17(2,3)22-16(21)18-12-6-9-13-7-4-5-8-14(13)10-11-15(19)20/h4-5,7-8,10-11H,6,9,12H2,1-3H3,(H,18,21)(H,19,20)/b11-10+. The lowest BCUT2D eigenvalue weighted by Crippen LogP contribution is -2.33. The number of hydrogen-bond donors (Lipinski definition) is 2. The molecule has 1 aromatic carbocycles. The maximum Gasteiger partial charge on any atom is 0.407 e. The fourth-order valence-corrected chi connectivity index (χ4v) is 1.87. The van der Waals surface area contributed by atoms with Crippen molar-refractivity contribution in [3.8, 4) is 0 Å². The van der Waals surface area contributed by atoms with E-state index >= 15 is 0 Å². The highest BCUT2D eigenvalue weighted by Gasteiger charge is 2.15. The number of benzene rings is 1. The van der Waals surface area contributed by atoms with E-state index in [9.17, 15) is 9.59 Å². The van der Waals surface area contributed by atoms with Crippen molar-refractivity contribution in [3.05, 3.63) is 41.5 Å². The van der Waals surface area contributed by atoms with Crippen LogP contribution in [0, 0.1) is 0 Å². The Bertz CT molecular complexity index is 544. The number of carboxylic acid groups (broad SMARTS) is 1. The summed E-state index contributed by atoms with van der Waals surface area (Å²) >= 11 is 0. The van der Waals surface area contributed by atoms with Crippen LogP contribution in [0.5, 0.6) is 0 Å². The molecule has 0 aromatic heterocycles. The van der Waals surface area contributed by atoms with Gasteiger partial charge in [0.1, 0.15) is 5.60 Å². The minimum Gasteiger partial charge on any atom is -0.478 e. The van der Waals surface area contributed by atoms with Gasteiger partial charge in [-0.15, -0.1) is 0 Å². The number of nitrogens with one attached hydrogen (secondary N) is 1. The van der Waals surface area contributed by atoms with Crippen LogP contribution in [0.2, 0.25) is 0 Å². The number of aliphatic carboxylic acids is 1. The highest BCUT2D eigenvalue weighted by molar-refractivity contribution is 5.85. The third-order valence-electron chi connectivity index (χ3n) is 2.75. The lowest BCUT2D eigenvalue weighted by Gasteiger charge is -2.19. The van der Waals surface area contributed by atoms with Crippen LogP contribution in [0.3, 0.4) is 0 Å². The normalized spacial score (nSPS) is 11.4. The number of carbonyl (C=O) groups is 2. The average Bonchev–Trinajstić information content (AvgIpc) is 2.40. The number of carbonyl (C=O) groups excluding carboxylic acids is 1. The van der Waals surface area contributed by atoms with E-state index in [0.29, 0.717) is 6.54 Å². The molecule has 0 radical (unpaired) electrons. The fraction of sp³-hybridized carbons (Fsp3) is 0.412. The van der Waals surface area contributed by atoms with Gasteiger partial charge in [0.2, 0.25) is 0 Å². The van der Waals surface area contributed by atoms with Gasteiger partial charge in [-0.1, -0.05) is 24.3 Å². The minimum absolute atomic E-state index is 0.424. The summed E-state index contributed by atoms with van der Waals surface area (Å²) in [5.41, 5.74) is 1.42. The van der Waals surface area contributed by atoms with E-state index in [-0.39, 0.29) is 0 Å². The molecule has 0 unspecified atom stereocenters. The van der Waals surface area contributed by atoms with Crippen molar-refractivity contribution in [1.29, 1.82) is 0 Å². The quantitative estimate of drug-likeness (QED) is 0.625. The average molecular weight is 305 g/mol. The van der Waals surface area contributed by atoms with Gasteiger partial charge in [0.05, 0.1) is 0 Å². The zero-order valence-electron chi connectivity index (χ0n) is 13.3. The Morgan fingerprint density at radius 2 is 1.95 bits per heavy atom. The summed E-state index contributed by atoms with van der Waals surface area (Å²) in [5.74, 6) is -0.971. The molecular formula is C17H23NO4. The van der Waals surface area contributed by atoms with Gasteiger partial charge in [-0.3, -0.25) is 0 Å². The molecule has 5 nitrogen and oxygen atoms in total. The third kappa shape index (κ3) is 7.47. The number of ether oxygens (including phenoxy) is 1. The first kappa shape index (κ1) is 17.8. The number of carboxylic acids is 1. The molecule has 0 aliphatic rings. The molecule has 120 valence electrons. The van der Waals surface area contributed by atoms with Crippen LogP contribution >= 0.6 is 0 Å². The zero-order valence-corrected chi connectivity index (χ0v) is 13.3. The van der Waals surface area contributed by atoms with Crippen LogP contribution in [-0.4, -0.2) is 29.3 Å². The van der Waals surface area contributed by atoms with Crippen LogP contribution in [0.4, 0.5) is 4.79 Å². The second kappa shape index (κ2) is 8.22. The monoisotopic (exact) mass is 305 g/mol. The first-order chi connectivity index (χ1) is 10.3. The lowest BCUT2D eigenvalue weighted by molar-refractivity contribution is -0.131. The summed E-state index contributed by atoms with van der Waals surface area (Å²) < 4.78 is 5.15. The molecule has 0 bridgehead atoms. The van der Waals surface area contributed by atoms with Gasteiger partial charge < -0.3 is 15.2 Å². The number of alkyl carbamates (subject to hydrolysis) is 1. The van der Waals surface area contributed by atoms with Crippen LogP contribution < -0.4 is 5.32 Å². The van der Waals surface area contributed by atoms with Crippen molar-refractivity contribution < 1.29 is 19.4 Å². The molecule has 22 heavy (non-hydrogen) atoms. The molecule has 0 heterocycles. The van der Waals surface area contributed by atoms with E-state index in [1.165, 1.54) is 0 Å². The highest BCUT2D eigenvalue weighted by atomic mass is 16.6. The van der Waals surface area contributed by atoms with E-state index in [1.807, 2.05) is 45.0 Å². The molecule has 0 spiro atoms. The van der Waals surface area contributed by atoms with Gasteiger partial charge in [0, 0.05) is 12.6 Å². The van der Waals surface area contributed by atoms with E-state index in [1.54, 1.807) is 6.08 Å². The van der Waals surface area contributed by atoms with Crippen LogP contribution in [0.15, 0.2) is 30.3 Å². The molecule has 1 amide bonds. The number of aryl methyl sites for hydroxylation is 1. The van der Waals surface area contributed by atoms with Crippen molar-refractivity contribution in [3.63, 3.8) is 0 Å². The zero-order chi connectivity index (χ0) is 16.6. The summed E-state index contributed by atoms with van der Waals surface area (Å²) in [6.45, 7) is 5.96. The maximum atomic E-state index is 11.5. The number of rotatable bonds is 6. The molecule has 2 N–H and O–H groups in total. The van der Waals surface area contributed by atoms with Gasteiger partial charge in [0.15, 0.2) is 0 Å². The molecule has 0 saturated carbocycles. The van der Waals surface area contributed by atoms with Crippen LogP contribution in [-0.2, 0) is 16.0 Å². The number of hydrogen-bond acceptors (Lipinski definition) is 3. The van der Waals surface area contributed by atoms with Gasteiger partial charge >= 0.3 is 12.1 Å². The Hall–Kier alpha value is -2.30. The second-order valence-corrected chi connectivity index (χ2v) is 5.90. The summed E-state index contributed by atoms with van der Waals surface area (Å²) in [6, 6.07) is 7.60. The third-order valence-corrected chi connectivity index (χ3v) is 2.75.